The summed E-state index contributed by atoms with van der Waals surface area (Å²) in [6.45, 7) is 1.46. The van der Waals surface area contributed by atoms with Crippen molar-refractivity contribution < 1.29 is 8.78 Å². The zero-order valence-corrected chi connectivity index (χ0v) is 10.8. The van der Waals surface area contributed by atoms with Crippen LogP contribution in [-0.2, 0) is 0 Å². The molecule has 0 radical (unpaired) electrons. The number of halogens is 2. The molecule has 7 nitrogen and oxygen atoms in total. The lowest BCUT2D eigenvalue weighted by Crippen LogP contribution is -2.09. The number of aryl methyl sites for hydroxylation is 1. The Labute approximate surface area is 117 Å². The second-order valence-electron chi connectivity index (χ2n) is 4.22. The van der Waals surface area contributed by atoms with Crippen molar-refractivity contribution in [3.8, 4) is 17.3 Å². The fourth-order valence-corrected chi connectivity index (χ4v) is 1.73. The van der Waals surface area contributed by atoms with Gasteiger partial charge < -0.3 is 5.73 Å². The first kappa shape index (κ1) is 13.0. The molecule has 0 saturated carbocycles. The van der Waals surface area contributed by atoms with E-state index in [4.69, 9.17) is 5.73 Å². The summed E-state index contributed by atoms with van der Waals surface area (Å²) in [5, 5.41) is 3.85. The van der Waals surface area contributed by atoms with E-state index < -0.39 is 11.6 Å². The van der Waals surface area contributed by atoms with Crippen molar-refractivity contribution in [3.63, 3.8) is 0 Å². The third-order valence-electron chi connectivity index (χ3n) is 2.78. The normalized spacial score (nSPS) is 10.8. The van der Waals surface area contributed by atoms with Gasteiger partial charge in [-0.25, -0.2) is 13.8 Å². The fourth-order valence-electron chi connectivity index (χ4n) is 1.73. The van der Waals surface area contributed by atoms with Crippen LogP contribution in [-0.4, -0.2) is 29.7 Å². The number of hydrogen-bond acceptors (Lipinski definition) is 6. The van der Waals surface area contributed by atoms with Gasteiger partial charge in [-0.2, -0.15) is 24.7 Å². The van der Waals surface area contributed by atoms with Gasteiger partial charge in [0.15, 0.2) is 17.5 Å². The molecule has 3 aromatic rings. The van der Waals surface area contributed by atoms with Gasteiger partial charge in [0.05, 0.1) is 5.56 Å². The van der Waals surface area contributed by atoms with Crippen LogP contribution in [0.4, 0.5) is 14.7 Å². The van der Waals surface area contributed by atoms with Crippen molar-refractivity contribution in [1.29, 1.82) is 0 Å². The van der Waals surface area contributed by atoms with Gasteiger partial charge in [0.1, 0.15) is 12.7 Å². The van der Waals surface area contributed by atoms with Gasteiger partial charge in [0.2, 0.25) is 5.95 Å². The zero-order valence-electron chi connectivity index (χ0n) is 10.8. The number of hydrogen-bond donors (Lipinski definition) is 1. The molecular weight excluding hydrogens is 280 g/mol. The van der Waals surface area contributed by atoms with E-state index in [-0.39, 0.29) is 28.8 Å². The number of rotatable bonds is 2. The molecule has 0 unspecified atom stereocenters. The Morgan fingerprint density at radius 2 is 1.90 bits per heavy atom. The quantitative estimate of drug-likeness (QED) is 0.763. The molecule has 3 rings (SSSR count). The lowest BCUT2D eigenvalue weighted by Gasteiger charge is -2.07. The van der Waals surface area contributed by atoms with Gasteiger partial charge in [-0.05, 0) is 18.6 Å². The van der Waals surface area contributed by atoms with Crippen LogP contribution in [0.15, 0.2) is 24.8 Å². The number of aromatic nitrogens is 6. The molecule has 1 aromatic carbocycles. The highest BCUT2D eigenvalue weighted by molar-refractivity contribution is 5.58. The molecule has 0 aliphatic rings. The molecule has 0 amide bonds. The van der Waals surface area contributed by atoms with E-state index in [2.05, 4.69) is 25.0 Å². The van der Waals surface area contributed by atoms with Crippen molar-refractivity contribution in [2.24, 2.45) is 0 Å². The highest BCUT2D eigenvalue weighted by Gasteiger charge is 2.17. The van der Waals surface area contributed by atoms with Crippen LogP contribution in [0.1, 0.15) is 5.56 Å². The SMILES string of the molecule is Cc1ccc(-c2nc(N)nc(-n3cncn3)n2)c(F)c1F. The van der Waals surface area contributed by atoms with E-state index in [1.54, 1.807) is 0 Å². The summed E-state index contributed by atoms with van der Waals surface area (Å²) in [7, 11) is 0. The van der Waals surface area contributed by atoms with Gasteiger partial charge in [-0.3, -0.25) is 0 Å². The Bertz CT molecular complexity index is 802. The Morgan fingerprint density at radius 1 is 1.10 bits per heavy atom. The summed E-state index contributed by atoms with van der Waals surface area (Å²) < 4.78 is 28.9. The Balaban J connectivity index is 2.18. The van der Waals surface area contributed by atoms with Gasteiger partial charge in [-0.15, -0.1) is 0 Å². The second kappa shape index (κ2) is 4.85. The average Bonchev–Trinajstić information content (AvgIpc) is 2.98. The standard InChI is InChI=1S/C12H9F2N7/c1-6-2-3-7(9(14)8(6)13)10-18-11(15)20-12(19-10)21-5-16-4-17-21/h2-5H,1H3,(H2,15,18,19,20). The van der Waals surface area contributed by atoms with E-state index in [1.807, 2.05) is 0 Å². The predicted molar refractivity (Wildman–Crippen MR) is 69.2 cm³/mol. The molecule has 9 heteroatoms. The molecule has 2 N–H and O–H groups in total. The summed E-state index contributed by atoms with van der Waals surface area (Å²) in [4.78, 5) is 15.5. The first-order valence-electron chi connectivity index (χ1n) is 5.88. The van der Waals surface area contributed by atoms with E-state index in [9.17, 15) is 8.78 Å². The minimum atomic E-state index is -1.04. The summed E-state index contributed by atoms with van der Waals surface area (Å²) in [6, 6.07) is 2.82. The summed E-state index contributed by atoms with van der Waals surface area (Å²) >= 11 is 0. The molecule has 2 heterocycles. The van der Waals surface area contributed by atoms with E-state index in [0.717, 1.165) is 0 Å². The molecular formula is C12H9F2N7. The maximum atomic E-state index is 14.0. The minimum absolute atomic E-state index is 0.0652. The lowest BCUT2D eigenvalue weighted by molar-refractivity contribution is 0.505. The van der Waals surface area contributed by atoms with E-state index in [0.29, 0.717) is 0 Å². The van der Waals surface area contributed by atoms with Gasteiger partial charge in [0, 0.05) is 0 Å². The second-order valence-corrected chi connectivity index (χ2v) is 4.22. The molecule has 0 bridgehead atoms. The van der Waals surface area contributed by atoms with Crippen LogP contribution >= 0.6 is 0 Å². The van der Waals surface area contributed by atoms with Gasteiger partial charge in [-0.1, -0.05) is 6.07 Å². The van der Waals surface area contributed by atoms with Gasteiger partial charge in [0.25, 0.3) is 5.95 Å². The van der Waals surface area contributed by atoms with Crippen molar-refractivity contribution in [2.75, 3.05) is 5.73 Å². The fraction of sp³-hybridized carbons (Fsp3) is 0.0833. The van der Waals surface area contributed by atoms with Crippen LogP contribution in [0.2, 0.25) is 0 Å². The van der Waals surface area contributed by atoms with Crippen molar-refractivity contribution >= 4 is 5.95 Å². The maximum absolute atomic E-state index is 14.0. The highest BCUT2D eigenvalue weighted by Crippen LogP contribution is 2.24. The van der Waals surface area contributed by atoms with Gasteiger partial charge >= 0.3 is 0 Å². The van der Waals surface area contributed by atoms with E-state index in [1.165, 1.54) is 36.4 Å². The summed E-state index contributed by atoms with van der Waals surface area (Å²) in [5.74, 6) is -2.13. The number of nitrogens with two attached hydrogens (primary N) is 1. The molecule has 0 aliphatic heterocycles. The van der Waals surface area contributed by atoms with Crippen molar-refractivity contribution in [1.82, 2.24) is 29.7 Å². The molecule has 0 atom stereocenters. The molecule has 0 fully saturated rings. The minimum Gasteiger partial charge on any atom is -0.368 e. The van der Waals surface area contributed by atoms with Crippen LogP contribution in [0.3, 0.4) is 0 Å². The number of benzene rings is 1. The molecule has 0 saturated heterocycles. The number of nitrogen functional groups attached to an aromatic ring is 1. The van der Waals surface area contributed by atoms with Crippen molar-refractivity contribution in [3.05, 3.63) is 42.0 Å². The monoisotopic (exact) mass is 289 g/mol. The number of nitrogens with zero attached hydrogens (tertiary/aromatic N) is 6. The summed E-state index contributed by atoms with van der Waals surface area (Å²) in [6.07, 6.45) is 2.64. The smallest absolute Gasteiger partial charge is 0.257 e. The molecule has 21 heavy (non-hydrogen) atoms. The van der Waals surface area contributed by atoms with Crippen LogP contribution < -0.4 is 5.73 Å². The first-order valence-corrected chi connectivity index (χ1v) is 5.88. The Kier molecular flexibility index (Phi) is 3.01. The van der Waals surface area contributed by atoms with Crippen LogP contribution in [0.5, 0.6) is 0 Å². The van der Waals surface area contributed by atoms with Crippen molar-refractivity contribution in [2.45, 2.75) is 6.92 Å². The molecule has 0 aliphatic carbocycles. The third kappa shape index (κ3) is 2.29. The predicted octanol–water partition coefficient (Wildman–Crippen LogP) is 1.29. The first-order chi connectivity index (χ1) is 10.1. The van der Waals surface area contributed by atoms with Crippen LogP contribution in [0.25, 0.3) is 17.3 Å². The third-order valence-corrected chi connectivity index (χ3v) is 2.78. The lowest BCUT2D eigenvalue weighted by atomic mass is 10.1. The molecule has 0 spiro atoms. The largest absolute Gasteiger partial charge is 0.368 e. The maximum Gasteiger partial charge on any atom is 0.257 e. The zero-order chi connectivity index (χ0) is 15.0. The number of anilines is 1. The Hall–Kier alpha value is -2.97. The average molecular weight is 289 g/mol. The van der Waals surface area contributed by atoms with Crippen LogP contribution in [0, 0.1) is 18.6 Å². The van der Waals surface area contributed by atoms with E-state index >= 15 is 0 Å². The molecule has 2 aromatic heterocycles. The molecule has 106 valence electrons. The topological polar surface area (TPSA) is 95.4 Å². The summed E-state index contributed by atoms with van der Waals surface area (Å²) in [5.41, 5.74) is 5.67. The Morgan fingerprint density at radius 3 is 2.62 bits per heavy atom. The highest BCUT2D eigenvalue weighted by atomic mass is 19.2.